The number of furan rings is 1. The van der Waals surface area contributed by atoms with Gasteiger partial charge in [-0.25, -0.2) is 4.79 Å². The van der Waals surface area contributed by atoms with E-state index in [1.54, 1.807) is 17.2 Å². The van der Waals surface area contributed by atoms with Crippen LogP contribution in [0.4, 0.5) is 4.79 Å². The van der Waals surface area contributed by atoms with Crippen LogP contribution in [0.25, 0.3) is 0 Å². The molecule has 2 heterocycles. The van der Waals surface area contributed by atoms with Crippen molar-refractivity contribution in [1.29, 1.82) is 0 Å². The van der Waals surface area contributed by atoms with Crippen LogP contribution in [0.3, 0.4) is 0 Å². The molecule has 29 heavy (non-hydrogen) atoms. The van der Waals surface area contributed by atoms with Gasteiger partial charge in [0.2, 0.25) is 5.91 Å². The van der Waals surface area contributed by atoms with Gasteiger partial charge in [-0.2, -0.15) is 0 Å². The van der Waals surface area contributed by atoms with Crippen molar-refractivity contribution >= 4 is 17.8 Å². The van der Waals surface area contributed by atoms with Gasteiger partial charge in [-0.15, -0.1) is 0 Å². The number of carbonyl (C=O) groups is 3. The van der Waals surface area contributed by atoms with Crippen molar-refractivity contribution in [3.05, 3.63) is 35.9 Å². The van der Waals surface area contributed by atoms with E-state index in [1.807, 2.05) is 13.0 Å². The maximum absolute atomic E-state index is 13.2. The minimum atomic E-state index is -0.842. The molecule has 156 valence electrons. The highest BCUT2D eigenvalue weighted by atomic mass is 16.3. The van der Waals surface area contributed by atoms with Gasteiger partial charge in [0.05, 0.1) is 12.8 Å². The molecule has 7 nitrogen and oxygen atoms in total. The first-order valence-corrected chi connectivity index (χ1v) is 10.7. The molecule has 1 spiro atoms. The Labute approximate surface area is 171 Å². The van der Waals surface area contributed by atoms with Gasteiger partial charge < -0.3 is 14.6 Å². The second kappa shape index (κ2) is 8.05. The van der Waals surface area contributed by atoms with Crippen molar-refractivity contribution in [1.82, 2.24) is 15.1 Å². The summed E-state index contributed by atoms with van der Waals surface area (Å²) in [5.41, 5.74) is 0.108. The summed E-state index contributed by atoms with van der Waals surface area (Å²) in [6, 6.07) is 3.17. The van der Waals surface area contributed by atoms with E-state index in [-0.39, 0.29) is 24.3 Å². The van der Waals surface area contributed by atoms with E-state index in [0.717, 1.165) is 55.5 Å². The minimum absolute atomic E-state index is 0.0769. The number of nitrogens with one attached hydrogen (secondary N) is 1. The molecule has 1 saturated heterocycles. The normalized spacial score (nSPS) is 27.1. The zero-order chi connectivity index (χ0) is 20.4. The topological polar surface area (TPSA) is 82.9 Å². The maximum atomic E-state index is 13.2. The molecule has 0 bridgehead atoms. The Morgan fingerprint density at radius 1 is 1.31 bits per heavy atom. The zero-order valence-electron chi connectivity index (χ0n) is 17.0. The Morgan fingerprint density at radius 2 is 2.17 bits per heavy atom. The summed E-state index contributed by atoms with van der Waals surface area (Å²) in [4.78, 5) is 41.9. The zero-order valence-corrected chi connectivity index (χ0v) is 17.0. The van der Waals surface area contributed by atoms with Crippen molar-refractivity contribution in [2.24, 2.45) is 5.92 Å². The van der Waals surface area contributed by atoms with Gasteiger partial charge in [0.15, 0.2) is 0 Å². The predicted molar refractivity (Wildman–Crippen MR) is 106 cm³/mol. The van der Waals surface area contributed by atoms with Gasteiger partial charge in [0.1, 0.15) is 17.8 Å². The third-order valence-electron chi connectivity index (χ3n) is 6.60. The number of rotatable bonds is 5. The van der Waals surface area contributed by atoms with Crippen LogP contribution in [0.15, 0.2) is 34.6 Å². The summed E-state index contributed by atoms with van der Waals surface area (Å²) in [5, 5.41) is 2.92. The molecule has 2 fully saturated rings. The van der Waals surface area contributed by atoms with Gasteiger partial charge in [0.25, 0.3) is 5.91 Å². The van der Waals surface area contributed by atoms with E-state index in [2.05, 4.69) is 11.4 Å². The fraction of sp³-hybridized carbons (Fsp3) is 0.591. The molecule has 1 aromatic rings. The second-order valence-corrected chi connectivity index (χ2v) is 8.44. The number of carbonyl (C=O) groups excluding carboxylic acids is 3. The molecule has 0 unspecified atom stereocenters. The number of imide groups is 1. The largest absolute Gasteiger partial charge is 0.467 e. The Morgan fingerprint density at radius 3 is 2.86 bits per heavy atom. The summed E-state index contributed by atoms with van der Waals surface area (Å²) in [7, 11) is 0. The molecule has 4 rings (SSSR count). The molecule has 1 saturated carbocycles. The SMILES string of the molecule is C[C@H]1CCCC[C@@]12NC(=O)N(CC(=O)N(Cc1ccco1)C1=CCCCC1)C2=O. The quantitative estimate of drug-likeness (QED) is 0.768. The van der Waals surface area contributed by atoms with Crippen LogP contribution >= 0.6 is 0 Å². The van der Waals surface area contributed by atoms with Crippen LogP contribution in [0, 0.1) is 5.92 Å². The molecule has 7 heteroatoms. The molecule has 2 atom stereocenters. The van der Waals surface area contributed by atoms with E-state index in [0.29, 0.717) is 18.7 Å². The molecule has 2 aliphatic carbocycles. The summed E-state index contributed by atoms with van der Waals surface area (Å²) < 4.78 is 5.44. The summed E-state index contributed by atoms with van der Waals surface area (Å²) in [6.45, 7) is 2.08. The lowest BCUT2D eigenvalue weighted by Crippen LogP contribution is -2.54. The first-order chi connectivity index (χ1) is 14.0. The summed E-state index contributed by atoms with van der Waals surface area (Å²) >= 11 is 0. The third kappa shape index (κ3) is 3.70. The minimum Gasteiger partial charge on any atom is -0.467 e. The lowest BCUT2D eigenvalue weighted by Gasteiger charge is -2.37. The summed E-state index contributed by atoms with van der Waals surface area (Å²) in [5.74, 6) is 0.254. The molecule has 3 aliphatic rings. The van der Waals surface area contributed by atoms with Gasteiger partial charge in [-0.05, 0) is 56.6 Å². The Bertz CT molecular complexity index is 816. The fourth-order valence-electron chi connectivity index (χ4n) is 4.83. The second-order valence-electron chi connectivity index (χ2n) is 8.44. The third-order valence-corrected chi connectivity index (χ3v) is 6.60. The van der Waals surface area contributed by atoms with E-state index < -0.39 is 11.6 Å². The van der Waals surface area contributed by atoms with Crippen LogP contribution in [0.2, 0.25) is 0 Å². The highest BCUT2D eigenvalue weighted by Crippen LogP contribution is 2.38. The molecule has 4 amide bonds. The number of nitrogens with zero attached hydrogens (tertiary/aromatic N) is 2. The van der Waals surface area contributed by atoms with Gasteiger partial charge in [0, 0.05) is 5.70 Å². The molecule has 0 radical (unpaired) electrons. The Balaban J connectivity index is 1.53. The van der Waals surface area contributed by atoms with Crippen molar-refractivity contribution in [2.75, 3.05) is 6.54 Å². The number of amides is 4. The molecular formula is C22H29N3O4. The average molecular weight is 399 g/mol. The standard InChI is InChI=1S/C22H29N3O4/c1-16-8-5-6-12-22(16)20(27)25(21(28)23-22)15-19(26)24(14-18-11-7-13-29-18)17-9-3-2-4-10-17/h7,9,11,13,16H,2-6,8,10,12,14-15H2,1H3,(H,23,28)/t16-,22+/m0/s1. The highest BCUT2D eigenvalue weighted by molar-refractivity contribution is 6.09. The van der Waals surface area contributed by atoms with Crippen molar-refractivity contribution in [2.45, 2.75) is 70.4 Å². The van der Waals surface area contributed by atoms with E-state index in [1.165, 1.54) is 0 Å². The molecule has 0 aromatic carbocycles. The first-order valence-electron chi connectivity index (χ1n) is 10.7. The monoisotopic (exact) mass is 399 g/mol. The lowest BCUT2D eigenvalue weighted by molar-refractivity contribution is -0.140. The Hall–Kier alpha value is -2.57. The number of hydrogen-bond acceptors (Lipinski definition) is 4. The summed E-state index contributed by atoms with van der Waals surface area (Å²) in [6.07, 6.45) is 11.1. The maximum Gasteiger partial charge on any atom is 0.325 e. The van der Waals surface area contributed by atoms with E-state index in [9.17, 15) is 14.4 Å². The smallest absolute Gasteiger partial charge is 0.325 e. The van der Waals surface area contributed by atoms with Gasteiger partial charge >= 0.3 is 6.03 Å². The highest BCUT2D eigenvalue weighted by Gasteiger charge is 2.55. The molecule has 1 aliphatic heterocycles. The predicted octanol–water partition coefficient (Wildman–Crippen LogP) is 3.57. The van der Waals surface area contributed by atoms with Crippen molar-refractivity contribution in [3.8, 4) is 0 Å². The molecule has 1 N–H and O–H groups in total. The average Bonchev–Trinajstić information content (AvgIpc) is 3.32. The molecular weight excluding hydrogens is 370 g/mol. The lowest BCUT2D eigenvalue weighted by atomic mass is 9.73. The van der Waals surface area contributed by atoms with Crippen LogP contribution in [0.1, 0.15) is 64.1 Å². The van der Waals surface area contributed by atoms with Crippen molar-refractivity contribution < 1.29 is 18.8 Å². The number of hydrogen-bond donors (Lipinski definition) is 1. The molecule has 1 aromatic heterocycles. The van der Waals surface area contributed by atoms with Crippen LogP contribution in [-0.4, -0.2) is 39.7 Å². The van der Waals surface area contributed by atoms with Crippen LogP contribution in [-0.2, 0) is 16.1 Å². The van der Waals surface area contributed by atoms with E-state index >= 15 is 0 Å². The van der Waals surface area contributed by atoms with E-state index in [4.69, 9.17) is 4.42 Å². The fourth-order valence-corrected chi connectivity index (χ4v) is 4.83. The first kappa shape index (κ1) is 19.7. The van der Waals surface area contributed by atoms with Crippen LogP contribution < -0.4 is 5.32 Å². The number of urea groups is 1. The number of allylic oxidation sites excluding steroid dienone is 2. The van der Waals surface area contributed by atoms with Gasteiger partial charge in [-0.1, -0.05) is 25.8 Å². The van der Waals surface area contributed by atoms with Crippen molar-refractivity contribution in [3.63, 3.8) is 0 Å². The Kier molecular flexibility index (Phi) is 5.48. The van der Waals surface area contributed by atoms with Crippen LogP contribution in [0.5, 0.6) is 0 Å². The van der Waals surface area contributed by atoms with Gasteiger partial charge in [-0.3, -0.25) is 14.5 Å².